The van der Waals surface area contributed by atoms with E-state index in [0.717, 1.165) is 22.6 Å². The fourth-order valence-electron chi connectivity index (χ4n) is 3.30. The molecule has 0 spiro atoms. The van der Waals surface area contributed by atoms with Crippen molar-refractivity contribution in [2.24, 2.45) is 7.05 Å². The number of carbonyl (C=O) groups is 1. The van der Waals surface area contributed by atoms with Crippen LogP contribution in [0.1, 0.15) is 21.7 Å². The maximum absolute atomic E-state index is 13.0. The zero-order valence-corrected chi connectivity index (χ0v) is 16.8. The van der Waals surface area contributed by atoms with Crippen molar-refractivity contribution in [3.63, 3.8) is 0 Å². The van der Waals surface area contributed by atoms with Crippen molar-refractivity contribution in [3.05, 3.63) is 66.0 Å². The minimum atomic E-state index is -0.155. The molecule has 0 unspecified atom stereocenters. The Morgan fingerprint density at radius 1 is 1.21 bits per heavy atom. The average Bonchev–Trinajstić information content (AvgIpc) is 3.29. The first kappa shape index (κ1) is 18.7. The highest BCUT2D eigenvalue weighted by Crippen LogP contribution is 2.24. The molecular weight excluding hydrogens is 368 g/mol. The number of imidazole rings is 1. The summed E-state index contributed by atoms with van der Waals surface area (Å²) in [6.45, 7) is 2.40. The van der Waals surface area contributed by atoms with Gasteiger partial charge in [0.05, 0.1) is 12.8 Å². The van der Waals surface area contributed by atoms with Gasteiger partial charge in [0.15, 0.2) is 5.65 Å². The lowest BCUT2D eigenvalue weighted by molar-refractivity contribution is 0.0780. The van der Waals surface area contributed by atoms with Gasteiger partial charge in [0, 0.05) is 56.6 Å². The number of rotatable bonds is 5. The third-order valence-corrected chi connectivity index (χ3v) is 4.83. The van der Waals surface area contributed by atoms with Crippen molar-refractivity contribution >= 4 is 11.6 Å². The molecule has 3 aromatic heterocycles. The molecule has 4 aromatic rings. The van der Waals surface area contributed by atoms with Crippen LogP contribution in [-0.2, 0) is 13.6 Å². The molecule has 0 radical (unpaired) electrons. The number of benzene rings is 1. The molecule has 8 heteroatoms. The molecular formula is C21H22N6O2. The molecule has 148 valence electrons. The lowest BCUT2D eigenvalue weighted by atomic mass is 10.1. The van der Waals surface area contributed by atoms with Crippen molar-refractivity contribution in [1.82, 2.24) is 29.0 Å². The number of amides is 1. The molecule has 29 heavy (non-hydrogen) atoms. The third-order valence-electron chi connectivity index (χ3n) is 4.83. The minimum Gasteiger partial charge on any atom is -0.497 e. The highest BCUT2D eigenvalue weighted by molar-refractivity contribution is 5.93. The summed E-state index contributed by atoms with van der Waals surface area (Å²) in [4.78, 5) is 23.7. The summed E-state index contributed by atoms with van der Waals surface area (Å²) in [7, 11) is 5.26. The normalized spacial score (nSPS) is 11.0. The molecule has 0 fully saturated rings. The summed E-state index contributed by atoms with van der Waals surface area (Å²) in [5.41, 5.74) is 4.53. The maximum Gasteiger partial charge on any atom is 0.274 e. The predicted octanol–water partition coefficient (Wildman–Crippen LogP) is 2.72. The number of carbonyl (C=O) groups excluding carboxylic acids is 1. The van der Waals surface area contributed by atoms with Gasteiger partial charge in [0.1, 0.15) is 17.1 Å². The van der Waals surface area contributed by atoms with E-state index in [9.17, 15) is 4.79 Å². The van der Waals surface area contributed by atoms with E-state index < -0.39 is 0 Å². The van der Waals surface area contributed by atoms with Crippen LogP contribution in [-0.4, -0.2) is 49.1 Å². The fourth-order valence-corrected chi connectivity index (χ4v) is 3.30. The van der Waals surface area contributed by atoms with Crippen LogP contribution in [0.4, 0.5) is 0 Å². The molecule has 4 rings (SSSR count). The largest absolute Gasteiger partial charge is 0.497 e. The number of aryl methyl sites for hydroxylation is 2. The number of ether oxygens (including phenoxy) is 1. The zero-order valence-electron chi connectivity index (χ0n) is 16.8. The number of methoxy groups -OCH3 is 1. The van der Waals surface area contributed by atoms with Crippen molar-refractivity contribution in [2.75, 3.05) is 14.2 Å². The number of aromatic nitrogens is 5. The summed E-state index contributed by atoms with van der Waals surface area (Å²) in [5.74, 6) is 0.616. The summed E-state index contributed by atoms with van der Waals surface area (Å²) in [6.07, 6.45) is 7.15. The number of hydrogen-bond donors (Lipinski definition) is 0. The maximum atomic E-state index is 13.0. The van der Waals surface area contributed by atoms with Crippen molar-refractivity contribution in [1.29, 1.82) is 0 Å². The number of fused-ring (bicyclic) bond motifs is 1. The van der Waals surface area contributed by atoms with Gasteiger partial charge in [-0.15, -0.1) is 0 Å². The monoisotopic (exact) mass is 390 g/mol. The second-order valence-electron chi connectivity index (χ2n) is 6.94. The molecule has 3 heterocycles. The lowest BCUT2D eigenvalue weighted by Crippen LogP contribution is -2.26. The first-order chi connectivity index (χ1) is 14.0. The average molecular weight is 390 g/mol. The van der Waals surface area contributed by atoms with E-state index in [4.69, 9.17) is 4.74 Å². The fraction of sp³-hybridized carbons (Fsp3) is 0.238. The first-order valence-corrected chi connectivity index (χ1v) is 9.19. The van der Waals surface area contributed by atoms with E-state index in [2.05, 4.69) is 15.1 Å². The van der Waals surface area contributed by atoms with E-state index in [0.29, 0.717) is 23.6 Å². The lowest BCUT2D eigenvalue weighted by Gasteiger charge is -2.15. The highest BCUT2D eigenvalue weighted by atomic mass is 16.5. The molecule has 0 aliphatic carbocycles. The van der Waals surface area contributed by atoms with Crippen molar-refractivity contribution in [3.8, 4) is 17.0 Å². The van der Waals surface area contributed by atoms with E-state index in [1.54, 1.807) is 42.3 Å². The van der Waals surface area contributed by atoms with Crippen LogP contribution in [0.25, 0.3) is 16.9 Å². The highest BCUT2D eigenvalue weighted by Gasteiger charge is 2.19. The Morgan fingerprint density at radius 3 is 2.62 bits per heavy atom. The molecule has 0 saturated heterocycles. The molecule has 1 aromatic carbocycles. The Bertz CT molecular complexity index is 1180. The van der Waals surface area contributed by atoms with E-state index in [-0.39, 0.29) is 5.91 Å². The molecule has 0 aliphatic heterocycles. The summed E-state index contributed by atoms with van der Waals surface area (Å²) in [5, 5.41) is 4.33. The summed E-state index contributed by atoms with van der Waals surface area (Å²) >= 11 is 0. The second-order valence-corrected chi connectivity index (χ2v) is 6.94. The molecule has 0 N–H and O–H groups in total. The van der Waals surface area contributed by atoms with Gasteiger partial charge in [-0.3, -0.25) is 14.5 Å². The number of hydrogen-bond acceptors (Lipinski definition) is 5. The Kier molecular flexibility index (Phi) is 4.75. The molecule has 0 bridgehead atoms. The van der Waals surface area contributed by atoms with Crippen molar-refractivity contribution in [2.45, 2.75) is 13.5 Å². The zero-order chi connectivity index (χ0) is 20.5. The van der Waals surface area contributed by atoms with E-state index in [1.807, 2.05) is 48.8 Å². The molecule has 8 nitrogen and oxygen atoms in total. The Labute approximate surface area is 168 Å². The van der Waals surface area contributed by atoms with Gasteiger partial charge in [-0.1, -0.05) is 0 Å². The summed E-state index contributed by atoms with van der Waals surface area (Å²) < 4.78 is 8.79. The molecule has 0 atom stereocenters. The third kappa shape index (κ3) is 3.56. The van der Waals surface area contributed by atoms with Gasteiger partial charge in [0.2, 0.25) is 0 Å². The van der Waals surface area contributed by atoms with Crippen LogP contribution in [0.2, 0.25) is 0 Å². The van der Waals surface area contributed by atoms with E-state index >= 15 is 0 Å². The molecule has 0 aliphatic rings. The van der Waals surface area contributed by atoms with Crippen LogP contribution in [0.3, 0.4) is 0 Å². The SMILES string of the molecule is COc1ccc(-c2nccn3cc(C(=O)N(C)Cc4cn(C)nc4C)nc23)cc1. The summed E-state index contributed by atoms with van der Waals surface area (Å²) in [6, 6.07) is 7.60. The van der Waals surface area contributed by atoms with Gasteiger partial charge in [-0.05, 0) is 31.2 Å². The predicted molar refractivity (Wildman–Crippen MR) is 109 cm³/mol. The standard InChI is InChI=1S/C21H22N6O2/c1-14-16(12-26(3)24-14)11-25(2)21(28)18-13-27-10-9-22-19(20(27)23-18)15-5-7-17(29-4)8-6-15/h5-10,12-13H,11H2,1-4H3. The van der Waals surface area contributed by atoms with Gasteiger partial charge in [0.25, 0.3) is 5.91 Å². The quantitative estimate of drug-likeness (QED) is 0.524. The van der Waals surface area contributed by atoms with E-state index in [1.165, 1.54) is 0 Å². The van der Waals surface area contributed by atoms with Crippen molar-refractivity contribution < 1.29 is 9.53 Å². The van der Waals surface area contributed by atoms with Gasteiger partial charge in [-0.25, -0.2) is 4.98 Å². The van der Waals surface area contributed by atoms with Crippen LogP contribution in [0, 0.1) is 6.92 Å². The topological polar surface area (TPSA) is 77.5 Å². The minimum absolute atomic E-state index is 0.155. The van der Waals surface area contributed by atoms with Crippen LogP contribution >= 0.6 is 0 Å². The van der Waals surface area contributed by atoms with Gasteiger partial charge in [-0.2, -0.15) is 5.10 Å². The Balaban J connectivity index is 1.64. The Hall–Kier alpha value is -3.68. The second kappa shape index (κ2) is 7.38. The smallest absolute Gasteiger partial charge is 0.274 e. The number of nitrogens with zero attached hydrogens (tertiary/aromatic N) is 6. The van der Waals surface area contributed by atoms with Crippen LogP contribution in [0.5, 0.6) is 5.75 Å². The van der Waals surface area contributed by atoms with Crippen LogP contribution in [0.15, 0.2) is 49.1 Å². The van der Waals surface area contributed by atoms with Gasteiger partial charge < -0.3 is 14.0 Å². The molecule has 0 saturated carbocycles. The van der Waals surface area contributed by atoms with Gasteiger partial charge >= 0.3 is 0 Å². The first-order valence-electron chi connectivity index (χ1n) is 9.19. The molecule has 1 amide bonds. The Morgan fingerprint density at radius 2 is 1.97 bits per heavy atom. The van der Waals surface area contributed by atoms with Crippen LogP contribution < -0.4 is 4.74 Å².